The lowest BCUT2D eigenvalue weighted by Gasteiger charge is -2.10. The van der Waals surface area contributed by atoms with Crippen molar-refractivity contribution in [1.82, 2.24) is 0 Å². The fourth-order valence-electron chi connectivity index (χ4n) is 1.83. The normalized spacial score (nSPS) is 10.4. The summed E-state index contributed by atoms with van der Waals surface area (Å²) in [5.41, 5.74) is 3.07. The quantitative estimate of drug-likeness (QED) is 0.837. The number of halogens is 2. The van der Waals surface area contributed by atoms with Crippen LogP contribution in [-0.4, -0.2) is 6.61 Å². The molecular weight excluding hydrogens is 321 g/mol. The summed E-state index contributed by atoms with van der Waals surface area (Å²) in [5.74, 6) is -0.0573. The minimum atomic E-state index is -0.345. The molecule has 0 saturated heterocycles. The van der Waals surface area contributed by atoms with E-state index < -0.39 is 0 Å². The van der Waals surface area contributed by atoms with Gasteiger partial charge in [0.25, 0.3) is 0 Å². The zero-order chi connectivity index (χ0) is 14.5. The van der Waals surface area contributed by atoms with E-state index in [0.717, 1.165) is 15.7 Å². The molecule has 2 aromatic rings. The predicted octanol–water partition coefficient (Wildman–Crippen LogP) is 4.91. The van der Waals surface area contributed by atoms with Crippen molar-refractivity contribution in [3.63, 3.8) is 0 Å². The van der Waals surface area contributed by atoms with Crippen LogP contribution in [0.15, 0.2) is 40.9 Å². The Morgan fingerprint density at radius 3 is 2.65 bits per heavy atom. The molecule has 0 aliphatic rings. The van der Waals surface area contributed by atoms with Gasteiger partial charge in [0.15, 0.2) is 11.6 Å². The van der Waals surface area contributed by atoms with E-state index in [9.17, 15) is 4.39 Å². The summed E-state index contributed by atoms with van der Waals surface area (Å²) in [5, 5.41) is 3.20. The number of benzene rings is 2. The molecule has 0 aromatic heterocycles. The van der Waals surface area contributed by atoms with Crippen LogP contribution in [0.2, 0.25) is 0 Å². The molecule has 0 aliphatic heterocycles. The van der Waals surface area contributed by atoms with Crippen LogP contribution in [-0.2, 0) is 6.54 Å². The fourth-order valence-corrected chi connectivity index (χ4v) is 2.26. The van der Waals surface area contributed by atoms with Gasteiger partial charge in [-0.3, -0.25) is 0 Å². The number of aryl methyl sites for hydroxylation is 1. The van der Waals surface area contributed by atoms with Gasteiger partial charge in [0.2, 0.25) is 0 Å². The lowest BCUT2D eigenvalue weighted by Crippen LogP contribution is -2.01. The van der Waals surface area contributed by atoms with Crippen LogP contribution in [0.25, 0.3) is 0 Å². The zero-order valence-corrected chi connectivity index (χ0v) is 13.1. The Bertz CT molecular complexity index is 601. The Labute approximate surface area is 127 Å². The minimum absolute atomic E-state index is 0.288. The van der Waals surface area contributed by atoms with Gasteiger partial charge >= 0.3 is 0 Å². The molecule has 0 bridgehead atoms. The molecule has 1 N–H and O–H groups in total. The first-order valence-corrected chi connectivity index (χ1v) is 7.30. The van der Waals surface area contributed by atoms with Crippen LogP contribution in [0.5, 0.6) is 5.75 Å². The van der Waals surface area contributed by atoms with Crippen molar-refractivity contribution in [2.45, 2.75) is 20.4 Å². The molecule has 2 nitrogen and oxygen atoms in total. The highest BCUT2D eigenvalue weighted by Crippen LogP contribution is 2.22. The number of hydrogen-bond donors (Lipinski definition) is 1. The van der Waals surface area contributed by atoms with E-state index in [1.54, 1.807) is 6.07 Å². The van der Waals surface area contributed by atoms with Gasteiger partial charge in [-0.15, -0.1) is 0 Å². The molecule has 4 heteroatoms. The van der Waals surface area contributed by atoms with Crippen LogP contribution in [0.4, 0.5) is 10.1 Å². The van der Waals surface area contributed by atoms with Crippen LogP contribution < -0.4 is 10.1 Å². The number of hydrogen-bond acceptors (Lipinski definition) is 2. The summed E-state index contributed by atoms with van der Waals surface area (Å²) in [6.45, 7) is 4.98. The zero-order valence-electron chi connectivity index (χ0n) is 11.5. The Balaban J connectivity index is 2.03. The highest BCUT2D eigenvalue weighted by molar-refractivity contribution is 9.10. The minimum Gasteiger partial charge on any atom is -0.491 e. The maximum absolute atomic E-state index is 13.7. The van der Waals surface area contributed by atoms with Crippen molar-refractivity contribution in [3.8, 4) is 5.75 Å². The van der Waals surface area contributed by atoms with Crippen LogP contribution >= 0.6 is 15.9 Å². The maximum atomic E-state index is 13.7. The lowest BCUT2D eigenvalue weighted by atomic mass is 10.1. The highest BCUT2D eigenvalue weighted by Gasteiger charge is 2.04. The van der Waals surface area contributed by atoms with E-state index in [2.05, 4.69) is 39.4 Å². The fraction of sp³-hybridized carbons (Fsp3) is 0.250. The van der Waals surface area contributed by atoms with Crippen molar-refractivity contribution >= 4 is 21.6 Å². The number of anilines is 1. The standard InChI is InChI=1S/C16H17BrFNO/c1-3-20-16-7-6-13(9-15(16)18)19-10-12-5-4-11(2)14(17)8-12/h4-9,19H,3,10H2,1-2H3. The van der Waals surface area contributed by atoms with Gasteiger partial charge < -0.3 is 10.1 Å². The average Bonchev–Trinajstić information content (AvgIpc) is 2.43. The number of rotatable bonds is 5. The van der Waals surface area contributed by atoms with Gasteiger partial charge in [-0.05, 0) is 43.2 Å². The number of nitrogens with one attached hydrogen (secondary N) is 1. The molecule has 106 valence electrons. The van der Waals surface area contributed by atoms with Gasteiger partial charge in [-0.2, -0.15) is 0 Å². The third-order valence-electron chi connectivity index (χ3n) is 2.96. The summed E-state index contributed by atoms with van der Waals surface area (Å²) >= 11 is 3.51. The molecule has 0 spiro atoms. The third kappa shape index (κ3) is 3.73. The molecule has 0 aliphatic carbocycles. The van der Waals surface area contributed by atoms with E-state index in [0.29, 0.717) is 13.2 Å². The SMILES string of the molecule is CCOc1ccc(NCc2ccc(C)c(Br)c2)cc1F. The first-order chi connectivity index (χ1) is 9.60. The Morgan fingerprint density at radius 2 is 2.00 bits per heavy atom. The first kappa shape index (κ1) is 14.9. The van der Waals surface area contributed by atoms with Crippen molar-refractivity contribution in [2.75, 3.05) is 11.9 Å². The monoisotopic (exact) mass is 337 g/mol. The van der Waals surface area contributed by atoms with Crippen LogP contribution in [0.3, 0.4) is 0 Å². The molecule has 0 atom stereocenters. The van der Waals surface area contributed by atoms with Crippen molar-refractivity contribution in [2.24, 2.45) is 0 Å². The van der Waals surface area contributed by atoms with Crippen LogP contribution in [0.1, 0.15) is 18.1 Å². The molecule has 0 heterocycles. The van der Waals surface area contributed by atoms with E-state index in [1.165, 1.54) is 11.6 Å². The topological polar surface area (TPSA) is 21.3 Å². The van der Waals surface area contributed by atoms with Crippen LogP contribution in [0, 0.1) is 12.7 Å². The summed E-state index contributed by atoms with van der Waals surface area (Å²) in [6.07, 6.45) is 0. The maximum Gasteiger partial charge on any atom is 0.167 e. The molecule has 2 aromatic carbocycles. The summed E-state index contributed by atoms with van der Waals surface area (Å²) in [4.78, 5) is 0. The molecule has 20 heavy (non-hydrogen) atoms. The first-order valence-electron chi connectivity index (χ1n) is 6.51. The molecule has 0 radical (unpaired) electrons. The van der Waals surface area contributed by atoms with Gasteiger partial charge in [0.05, 0.1) is 6.61 Å². The van der Waals surface area contributed by atoms with Gasteiger partial charge in [0, 0.05) is 22.8 Å². The predicted molar refractivity (Wildman–Crippen MR) is 83.8 cm³/mol. The Morgan fingerprint density at radius 1 is 1.20 bits per heavy atom. The van der Waals surface area contributed by atoms with Gasteiger partial charge in [0.1, 0.15) is 0 Å². The Hall–Kier alpha value is -1.55. The van der Waals surface area contributed by atoms with Crippen molar-refractivity contribution in [3.05, 3.63) is 57.8 Å². The van der Waals surface area contributed by atoms with Crippen molar-refractivity contribution in [1.29, 1.82) is 0 Å². The molecular formula is C16H17BrFNO. The second-order valence-corrected chi connectivity index (χ2v) is 5.37. The highest BCUT2D eigenvalue weighted by atomic mass is 79.9. The van der Waals surface area contributed by atoms with Gasteiger partial charge in [-0.1, -0.05) is 28.1 Å². The van der Waals surface area contributed by atoms with E-state index >= 15 is 0 Å². The molecule has 0 unspecified atom stereocenters. The van der Waals surface area contributed by atoms with E-state index in [-0.39, 0.29) is 11.6 Å². The van der Waals surface area contributed by atoms with E-state index in [1.807, 2.05) is 19.9 Å². The molecule has 0 amide bonds. The van der Waals surface area contributed by atoms with Crippen molar-refractivity contribution < 1.29 is 9.13 Å². The summed E-state index contributed by atoms with van der Waals surface area (Å²) < 4.78 is 20.0. The Kier molecular flexibility index (Phi) is 5.01. The van der Waals surface area contributed by atoms with Gasteiger partial charge in [-0.25, -0.2) is 4.39 Å². The largest absolute Gasteiger partial charge is 0.491 e. The smallest absolute Gasteiger partial charge is 0.167 e. The second-order valence-electron chi connectivity index (χ2n) is 4.52. The molecule has 0 fully saturated rings. The summed E-state index contributed by atoms with van der Waals surface area (Å²) in [6, 6.07) is 11.1. The molecule has 0 saturated carbocycles. The number of ether oxygens (including phenoxy) is 1. The third-order valence-corrected chi connectivity index (χ3v) is 3.82. The summed E-state index contributed by atoms with van der Waals surface area (Å²) in [7, 11) is 0. The lowest BCUT2D eigenvalue weighted by molar-refractivity contribution is 0.321. The average molecular weight is 338 g/mol. The second kappa shape index (κ2) is 6.75. The molecule has 2 rings (SSSR count). The van der Waals surface area contributed by atoms with E-state index in [4.69, 9.17) is 4.74 Å².